The van der Waals surface area contributed by atoms with Crippen molar-refractivity contribution in [1.29, 1.82) is 0 Å². The molecule has 0 spiro atoms. The second kappa shape index (κ2) is 7.65. The average Bonchev–Trinajstić information content (AvgIpc) is 2.28. The zero-order valence-corrected chi connectivity index (χ0v) is 11.0. The minimum absolute atomic E-state index is 0.355. The van der Waals surface area contributed by atoms with Crippen molar-refractivity contribution < 1.29 is 13.0 Å². The number of aromatic nitrogens is 1. The fourth-order valence-corrected chi connectivity index (χ4v) is 2.63. The lowest BCUT2D eigenvalue weighted by Gasteiger charge is -2.03. The molecule has 17 heavy (non-hydrogen) atoms. The first-order chi connectivity index (χ1) is 8.08. The Morgan fingerprint density at radius 1 is 1.29 bits per heavy atom. The van der Waals surface area contributed by atoms with Crippen molar-refractivity contribution in [2.24, 2.45) is 0 Å². The minimum Gasteiger partial charge on any atom is -0.316 e. The molecule has 0 aliphatic carbocycles. The third-order valence-electron chi connectivity index (χ3n) is 2.08. The monoisotopic (exact) mass is 276 g/mol. The molecule has 0 aromatic carbocycles. The molecule has 0 aliphatic heterocycles. The van der Waals surface area contributed by atoms with Crippen LogP contribution in [0.4, 0.5) is 0 Å². The quantitative estimate of drug-likeness (QED) is 0.421. The van der Waals surface area contributed by atoms with Crippen molar-refractivity contribution in [2.75, 3.05) is 18.8 Å². The van der Waals surface area contributed by atoms with E-state index in [0.717, 1.165) is 19.4 Å². The fourth-order valence-electron chi connectivity index (χ4n) is 1.31. The summed E-state index contributed by atoms with van der Waals surface area (Å²) in [6.07, 6.45) is 5.50. The standard InChI is InChI=1S/C10H16N2O3S2/c13-17(14,15)16-9-8-11-5-1-2-10-3-6-12-7-4-10/h3-4,6-7,11H,1-2,5,8-9H2,(H,13,14,15). The minimum atomic E-state index is -3.89. The molecule has 0 bridgehead atoms. The van der Waals surface area contributed by atoms with Gasteiger partial charge in [0.1, 0.15) is 0 Å². The molecule has 1 aromatic heterocycles. The van der Waals surface area contributed by atoms with Gasteiger partial charge in [0.15, 0.2) is 0 Å². The Hall–Kier alpha value is -0.630. The van der Waals surface area contributed by atoms with Crippen LogP contribution in [0.3, 0.4) is 0 Å². The van der Waals surface area contributed by atoms with Crippen molar-refractivity contribution in [2.45, 2.75) is 12.8 Å². The number of pyridine rings is 1. The predicted molar refractivity (Wildman–Crippen MR) is 69.4 cm³/mol. The highest BCUT2D eigenvalue weighted by Gasteiger charge is 2.03. The molecule has 7 heteroatoms. The molecule has 0 fully saturated rings. The molecule has 0 atom stereocenters. The first-order valence-electron chi connectivity index (χ1n) is 5.29. The highest BCUT2D eigenvalue weighted by atomic mass is 33.1. The van der Waals surface area contributed by atoms with E-state index in [1.54, 1.807) is 12.4 Å². The molecule has 0 amide bonds. The number of aryl methyl sites for hydroxylation is 1. The van der Waals surface area contributed by atoms with Crippen LogP contribution in [0.15, 0.2) is 24.5 Å². The molecule has 0 saturated carbocycles. The number of hydrogen-bond donors (Lipinski definition) is 2. The highest BCUT2D eigenvalue weighted by molar-refractivity contribution is 8.69. The molecule has 5 nitrogen and oxygen atoms in total. The van der Waals surface area contributed by atoms with Crippen LogP contribution in [0, 0.1) is 0 Å². The van der Waals surface area contributed by atoms with Gasteiger partial charge in [0.25, 0.3) is 0 Å². The molecule has 96 valence electrons. The molecule has 1 aromatic rings. The smallest absolute Gasteiger partial charge is 0.316 e. The van der Waals surface area contributed by atoms with Crippen molar-refractivity contribution in [1.82, 2.24) is 10.3 Å². The van der Waals surface area contributed by atoms with E-state index in [2.05, 4.69) is 10.3 Å². The first-order valence-corrected chi connectivity index (χ1v) is 8.23. The van der Waals surface area contributed by atoms with Gasteiger partial charge in [0.05, 0.1) is 0 Å². The summed E-state index contributed by atoms with van der Waals surface area (Å²) >= 11 is 0. The second-order valence-corrected chi connectivity index (χ2v) is 6.93. The summed E-state index contributed by atoms with van der Waals surface area (Å²) in [5, 5.41) is 3.12. The summed E-state index contributed by atoms with van der Waals surface area (Å²) in [5.74, 6) is 0.355. The highest BCUT2D eigenvalue weighted by Crippen LogP contribution is 2.07. The van der Waals surface area contributed by atoms with Crippen LogP contribution in [0.1, 0.15) is 12.0 Å². The van der Waals surface area contributed by atoms with E-state index in [4.69, 9.17) is 4.55 Å². The SMILES string of the molecule is O=S(=O)(O)SCCNCCCc1ccncc1. The van der Waals surface area contributed by atoms with Crippen molar-refractivity contribution in [3.8, 4) is 0 Å². The van der Waals surface area contributed by atoms with Gasteiger partial charge >= 0.3 is 9.15 Å². The Morgan fingerprint density at radius 3 is 2.65 bits per heavy atom. The Bertz CT molecular complexity index is 409. The van der Waals surface area contributed by atoms with Gasteiger partial charge in [0, 0.05) is 24.7 Å². The average molecular weight is 276 g/mol. The van der Waals surface area contributed by atoms with Gasteiger partial charge < -0.3 is 5.32 Å². The van der Waals surface area contributed by atoms with E-state index in [9.17, 15) is 8.42 Å². The zero-order chi connectivity index (χ0) is 12.6. The van der Waals surface area contributed by atoms with Crippen molar-refractivity contribution in [3.63, 3.8) is 0 Å². The predicted octanol–water partition coefficient (Wildman–Crippen LogP) is 1.14. The van der Waals surface area contributed by atoms with E-state index in [0.29, 0.717) is 23.1 Å². The van der Waals surface area contributed by atoms with Crippen LogP contribution < -0.4 is 5.32 Å². The van der Waals surface area contributed by atoms with Crippen molar-refractivity contribution in [3.05, 3.63) is 30.1 Å². The number of rotatable bonds is 8. The molecular formula is C10H16N2O3S2. The summed E-state index contributed by atoms with van der Waals surface area (Å²) in [4.78, 5) is 3.94. The third kappa shape index (κ3) is 8.14. The van der Waals surface area contributed by atoms with Gasteiger partial charge in [-0.2, -0.15) is 8.42 Å². The van der Waals surface area contributed by atoms with E-state index in [1.165, 1.54) is 5.56 Å². The molecule has 1 heterocycles. The Balaban J connectivity index is 1.99. The Labute approximate surface area is 105 Å². The van der Waals surface area contributed by atoms with Gasteiger partial charge in [-0.25, -0.2) is 0 Å². The molecular weight excluding hydrogens is 260 g/mol. The van der Waals surface area contributed by atoms with Gasteiger partial charge in [-0.3, -0.25) is 9.54 Å². The fraction of sp³-hybridized carbons (Fsp3) is 0.500. The van der Waals surface area contributed by atoms with Gasteiger partial charge in [-0.05, 0) is 47.9 Å². The maximum atomic E-state index is 10.4. The normalized spacial score (nSPS) is 11.6. The molecule has 0 radical (unpaired) electrons. The third-order valence-corrected chi connectivity index (χ3v) is 4.14. The lowest BCUT2D eigenvalue weighted by Crippen LogP contribution is -2.19. The molecule has 1 rings (SSSR count). The van der Waals surface area contributed by atoms with E-state index >= 15 is 0 Å². The van der Waals surface area contributed by atoms with E-state index in [-0.39, 0.29) is 0 Å². The van der Waals surface area contributed by atoms with Gasteiger partial charge in [-0.1, -0.05) is 0 Å². The molecule has 0 saturated heterocycles. The van der Waals surface area contributed by atoms with Crippen LogP contribution in [-0.2, 0) is 15.6 Å². The van der Waals surface area contributed by atoms with E-state index in [1.807, 2.05) is 12.1 Å². The molecule has 0 unspecified atom stereocenters. The van der Waals surface area contributed by atoms with Crippen LogP contribution in [0.2, 0.25) is 0 Å². The van der Waals surface area contributed by atoms with Crippen LogP contribution >= 0.6 is 10.8 Å². The number of nitrogens with zero attached hydrogens (tertiary/aromatic N) is 1. The molecule has 0 aliphatic rings. The maximum Gasteiger partial charge on any atom is 0.319 e. The first kappa shape index (κ1) is 14.4. The summed E-state index contributed by atoms with van der Waals surface area (Å²) < 4.78 is 29.3. The summed E-state index contributed by atoms with van der Waals surface area (Å²) in [5.41, 5.74) is 1.24. The second-order valence-electron chi connectivity index (χ2n) is 3.46. The van der Waals surface area contributed by atoms with Crippen molar-refractivity contribution >= 4 is 19.9 Å². The lowest BCUT2D eigenvalue weighted by molar-refractivity contribution is 0.503. The zero-order valence-electron chi connectivity index (χ0n) is 9.37. The molecule has 2 N–H and O–H groups in total. The van der Waals surface area contributed by atoms with Crippen LogP contribution in [0.25, 0.3) is 0 Å². The summed E-state index contributed by atoms with van der Waals surface area (Å²) in [6, 6.07) is 3.96. The van der Waals surface area contributed by atoms with Gasteiger partial charge in [0.2, 0.25) is 0 Å². The van der Waals surface area contributed by atoms with Gasteiger partial charge in [-0.15, -0.1) is 0 Å². The Kier molecular flexibility index (Phi) is 6.49. The summed E-state index contributed by atoms with van der Waals surface area (Å²) in [7, 11) is -3.35. The largest absolute Gasteiger partial charge is 0.319 e. The van der Waals surface area contributed by atoms with Crippen LogP contribution in [-0.4, -0.2) is 36.8 Å². The lowest BCUT2D eigenvalue weighted by atomic mass is 10.1. The number of nitrogens with one attached hydrogen (secondary N) is 1. The van der Waals surface area contributed by atoms with Crippen LogP contribution in [0.5, 0.6) is 0 Å². The van der Waals surface area contributed by atoms with E-state index < -0.39 is 9.15 Å². The topological polar surface area (TPSA) is 79.3 Å². The maximum absolute atomic E-state index is 10.4. The Morgan fingerprint density at radius 2 is 2.00 bits per heavy atom. The number of hydrogen-bond acceptors (Lipinski definition) is 5. The summed E-state index contributed by atoms with van der Waals surface area (Å²) in [6.45, 7) is 1.40.